The third-order valence-corrected chi connectivity index (χ3v) is 2.26. The fraction of sp³-hybridized carbons (Fsp3) is 0.429. The van der Waals surface area contributed by atoms with Crippen molar-refractivity contribution in [3.63, 3.8) is 0 Å². The number of rotatable bonds is 3. The number of methoxy groups -OCH3 is 1. The van der Waals surface area contributed by atoms with E-state index in [2.05, 4.69) is 4.74 Å². The number of carbonyl (C=O) groups is 2. The predicted molar refractivity (Wildman–Crippen MR) is 67.2 cm³/mol. The van der Waals surface area contributed by atoms with Crippen LogP contribution in [-0.4, -0.2) is 24.6 Å². The Hall–Kier alpha value is -1.98. The number of esters is 2. The number of hydrogen-bond acceptors (Lipinski definition) is 4. The van der Waals surface area contributed by atoms with Crippen LogP contribution in [0.15, 0.2) is 12.1 Å². The molecule has 0 bridgehead atoms. The molecular formula is C14H16F2O4. The van der Waals surface area contributed by atoms with Gasteiger partial charge >= 0.3 is 11.9 Å². The molecule has 1 aromatic carbocycles. The number of carbonyl (C=O) groups excluding carboxylic acids is 2. The molecule has 6 heteroatoms. The van der Waals surface area contributed by atoms with Crippen molar-refractivity contribution in [1.82, 2.24) is 0 Å². The molecule has 0 saturated carbocycles. The number of benzene rings is 1. The van der Waals surface area contributed by atoms with Gasteiger partial charge < -0.3 is 9.47 Å². The highest BCUT2D eigenvalue weighted by Crippen LogP contribution is 2.18. The quantitative estimate of drug-likeness (QED) is 0.802. The van der Waals surface area contributed by atoms with Gasteiger partial charge in [0.25, 0.3) is 0 Å². The normalized spacial score (nSPS) is 11.1. The highest BCUT2D eigenvalue weighted by atomic mass is 19.1. The molecule has 0 amide bonds. The van der Waals surface area contributed by atoms with Gasteiger partial charge in [0.05, 0.1) is 13.5 Å². The van der Waals surface area contributed by atoms with Gasteiger partial charge in [0.1, 0.15) is 22.8 Å². The standard InChI is InChI=1S/C14H16F2O4/c1-14(2,3)20-11(17)7-8-5-9(15)12(10(16)6-8)13(18)19-4/h5-6H,7H2,1-4H3. The first kappa shape index (κ1) is 16.1. The summed E-state index contributed by atoms with van der Waals surface area (Å²) < 4.78 is 36.6. The van der Waals surface area contributed by atoms with E-state index >= 15 is 0 Å². The van der Waals surface area contributed by atoms with Gasteiger partial charge in [-0.05, 0) is 38.5 Å². The Morgan fingerprint density at radius 3 is 2.05 bits per heavy atom. The highest BCUT2D eigenvalue weighted by molar-refractivity contribution is 5.90. The van der Waals surface area contributed by atoms with Crippen LogP contribution >= 0.6 is 0 Å². The first-order valence-electron chi connectivity index (χ1n) is 5.92. The topological polar surface area (TPSA) is 52.6 Å². The second-order valence-corrected chi connectivity index (χ2v) is 5.19. The van der Waals surface area contributed by atoms with Crippen LogP contribution in [0.2, 0.25) is 0 Å². The molecule has 0 saturated heterocycles. The van der Waals surface area contributed by atoms with Crippen molar-refractivity contribution in [2.75, 3.05) is 7.11 Å². The SMILES string of the molecule is COC(=O)c1c(F)cc(CC(=O)OC(C)(C)C)cc1F. The van der Waals surface area contributed by atoms with Gasteiger partial charge in [-0.3, -0.25) is 4.79 Å². The summed E-state index contributed by atoms with van der Waals surface area (Å²) in [5, 5.41) is 0. The summed E-state index contributed by atoms with van der Waals surface area (Å²) >= 11 is 0. The van der Waals surface area contributed by atoms with E-state index in [9.17, 15) is 18.4 Å². The molecule has 0 aliphatic rings. The van der Waals surface area contributed by atoms with Crippen molar-refractivity contribution in [3.05, 3.63) is 34.9 Å². The molecule has 0 aromatic heterocycles. The molecule has 0 aliphatic carbocycles. The number of halogens is 2. The molecule has 0 atom stereocenters. The van der Waals surface area contributed by atoms with Crippen molar-refractivity contribution in [2.24, 2.45) is 0 Å². The Bertz CT molecular complexity index is 509. The summed E-state index contributed by atoms with van der Waals surface area (Å²) in [6.07, 6.45) is -0.285. The zero-order valence-corrected chi connectivity index (χ0v) is 11.8. The summed E-state index contributed by atoms with van der Waals surface area (Å²) in [7, 11) is 1.02. The lowest BCUT2D eigenvalue weighted by Gasteiger charge is -2.19. The van der Waals surface area contributed by atoms with E-state index in [0.29, 0.717) is 0 Å². The van der Waals surface area contributed by atoms with Gasteiger partial charge in [0.2, 0.25) is 0 Å². The van der Waals surface area contributed by atoms with E-state index in [-0.39, 0.29) is 12.0 Å². The van der Waals surface area contributed by atoms with E-state index < -0.39 is 34.7 Å². The van der Waals surface area contributed by atoms with Gasteiger partial charge in [-0.15, -0.1) is 0 Å². The summed E-state index contributed by atoms with van der Waals surface area (Å²) in [5.74, 6) is -3.86. The van der Waals surface area contributed by atoms with E-state index in [1.165, 1.54) is 0 Å². The molecule has 0 heterocycles. The van der Waals surface area contributed by atoms with Crippen LogP contribution < -0.4 is 0 Å². The van der Waals surface area contributed by atoms with Crippen molar-refractivity contribution >= 4 is 11.9 Å². The van der Waals surface area contributed by atoms with Crippen LogP contribution in [0.4, 0.5) is 8.78 Å². The Kier molecular flexibility index (Phi) is 4.81. The van der Waals surface area contributed by atoms with E-state index in [1.54, 1.807) is 20.8 Å². The maximum atomic E-state index is 13.6. The van der Waals surface area contributed by atoms with Crippen LogP contribution in [0.3, 0.4) is 0 Å². The fourth-order valence-electron chi connectivity index (χ4n) is 1.57. The van der Waals surface area contributed by atoms with Gasteiger partial charge in [-0.25, -0.2) is 13.6 Å². The average molecular weight is 286 g/mol. The summed E-state index contributed by atoms with van der Waals surface area (Å²) in [6.45, 7) is 5.06. The molecule has 1 aromatic rings. The number of hydrogen-bond donors (Lipinski definition) is 0. The van der Waals surface area contributed by atoms with Gasteiger partial charge in [-0.1, -0.05) is 0 Å². The lowest BCUT2D eigenvalue weighted by molar-refractivity contribution is -0.153. The molecule has 0 radical (unpaired) electrons. The molecule has 0 unspecified atom stereocenters. The maximum Gasteiger partial charge on any atom is 0.343 e. The second kappa shape index (κ2) is 5.98. The minimum absolute atomic E-state index is 0.0851. The van der Waals surface area contributed by atoms with E-state index in [1.807, 2.05) is 0 Å². The Morgan fingerprint density at radius 1 is 1.15 bits per heavy atom. The lowest BCUT2D eigenvalue weighted by Crippen LogP contribution is -2.25. The predicted octanol–water partition coefficient (Wildman–Crippen LogP) is 2.64. The molecule has 0 N–H and O–H groups in total. The largest absolute Gasteiger partial charge is 0.465 e. The molecule has 1 rings (SSSR count). The highest BCUT2D eigenvalue weighted by Gasteiger charge is 2.21. The van der Waals surface area contributed by atoms with E-state index in [0.717, 1.165) is 19.2 Å². The fourth-order valence-corrected chi connectivity index (χ4v) is 1.57. The molecule has 4 nitrogen and oxygen atoms in total. The molecule has 20 heavy (non-hydrogen) atoms. The first-order valence-corrected chi connectivity index (χ1v) is 5.92. The second-order valence-electron chi connectivity index (χ2n) is 5.19. The molecule has 0 fully saturated rings. The van der Waals surface area contributed by atoms with Gasteiger partial charge in [-0.2, -0.15) is 0 Å². The Morgan fingerprint density at radius 2 is 1.65 bits per heavy atom. The monoisotopic (exact) mass is 286 g/mol. The molecular weight excluding hydrogens is 270 g/mol. The molecule has 0 aliphatic heterocycles. The van der Waals surface area contributed by atoms with Crippen LogP contribution in [0.5, 0.6) is 0 Å². The molecule has 110 valence electrons. The lowest BCUT2D eigenvalue weighted by atomic mass is 10.1. The van der Waals surface area contributed by atoms with Crippen molar-refractivity contribution < 1.29 is 27.8 Å². The van der Waals surface area contributed by atoms with Gasteiger partial charge in [0.15, 0.2) is 0 Å². The van der Waals surface area contributed by atoms with E-state index in [4.69, 9.17) is 4.74 Å². The Balaban J connectivity index is 2.95. The summed E-state index contributed by atoms with van der Waals surface area (Å²) in [4.78, 5) is 22.7. The average Bonchev–Trinajstić information content (AvgIpc) is 2.24. The third kappa shape index (κ3) is 4.29. The van der Waals surface area contributed by atoms with Crippen LogP contribution in [0.25, 0.3) is 0 Å². The zero-order valence-electron chi connectivity index (χ0n) is 11.8. The van der Waals surface area contributed by atoms with Crippen molar-refractivity contribution in [1.29, 1.82) is 0 Å². The smallest absolute Gasteiger partial charge is 0.343 e. The van der Waals surface area contributed by atoms with Crippen LogP contribution in [0.1, 0.15) is 36.7 Å². The van der Waals surface area contributed by atoms with Crippen LogP contribution in [0, 0.1) is 11.6 Å². The van der Waals surface area contributed by atoms with Crippen molar-refractivity contribution in [3.8, 4) is 0 Å². The van der Waals surface area contributed by atoms with Gasteiger partial charge in [0, 0.05) is 0 Å². The minimum Gasteiger partial charge on any atom is -0.465 e. The molecule has 0 spiro atoms. The zero-order chi connectivity index (χ0) is 15.5. The Labute approximate surface area is 115 Å². The number of ether oxygens (including phenoxy) is 2. The third-order valence-electron chi connectivity index (χ3n) is 2.26. The summed E-state index contributed by atoms with van der Waals surface area (Å²) in [5.41, 5.74) is -1.37. The first-order chi connectivity index (χ1) is 9.14. The summed E-state index contributed by atoms with van der Waals surface area (Å²) in [6, 6.07) is 1.83. The van der Waals surface area contributed by atoms with Crippen molar-refractivity contribution in [2.45, 2.75) is 32.8 Å². The van der Waals surface area contributed by atoms with Crippen LogP contribution in [-0.2, 0) is 20.7 Å². The maximum absolute atomic E-state index is 13.6. The minimum atomic E-state index is -1.11.